The molecule has 6 aliphatic carbocycles. The first-order chi connectivity index (χ1) is 18.2. The molecule has 6 aliphatic rings. The number of halogens is 2. The molecule has 0 heterocycles. The highest BCUT2D eigenvalue weighted by molar-refractivity contribution is 9.09. The Morgan fingerprint density at radius 3 is 1.23 bits per heavy atom. The highest BCUT2D eigenvalue weighted by Crippen LogP contribution is 2.81. The minimum absolute atomic E-state index is 0.0226. The zero-order chi connectivity index (χ0) is 28.2. The summed E-state index contributed by atoms with van der Waals surface area (Å²) in [7, 11) is 0. The van der Waals surface area contributed by atoms with Crippen molar-refractivity contribution < 1.29 is 9.59 Å². The molecule has 4 nitrogen and oxygen atoms in total. The number of carbonyl (C=O) groups is 2. The molecular formula is C33H40Br2N2O2. The van der Waals surface area contributed by atoms with Crippen LogP contribution >= 0.6 is 31.9 Å². The van der Waals surface area contributed by atoms with Crippen molar-refractivity contribution in [2.45, 2.75) is 83.3 Å². The highest BCUT2D eigenvalue weighted by atomic mass is 79.9. The minimum Gasteiger partial charge on any atom is -0.326 e. The normalized spacial score (nSPS) is 38.5. The van der Waals surface area contributed by atoms with Gasteiger partial charge in [-0.15, -0.1) is 0 Å². The third-order valence-electron chi connectivity index (χ3n) is 12.8. The average molecular weight is 657 g/mol. The molecule has 6 unspecified atom stereocenters. The summed E-state index contributed by atoms with van der Waals surface area (Å²) < 4.78 is 0. The summed E-state index contributed by atoms with van der Waals surface area (Å²) in [6, 6.07) is 16.4. The molecule has 0 aliphatic heterocycles. The summed E-state index contributed by atoms with van der Waals surface area (Å²) in [6.07, 6.45) is 4.82. The molecule has 2 N–H and O–H groups in total. The maximum absolute atomic E-state index is 13.4. The van der Waals surface area contributed by atoms with Crippen LogP contribution in [0.3, 0.4) is 0 Å². The van der Waals surface area contributed by atoms with Gasteiger partial charge in [-0.05, 0) is 89.2 Å². The zero-order valence-electron chi connectivity index (χ0n) is 23.9. The number of anilines is 2. The van der Waals surface area contributed by atoms with Crippen molar-refractivity contribution in [3.8, 4) is 0 Å². The van der Waals surface area contributed by atoms with Crippen LogP contribution in [-0.2, 0) is 16.0 Å². The fourth-order valence-corrected chi connectivity index (χ4v) is 12.7. The summed E-state index contributed by atoms with van der Waals surface area (Å²) in [4.78, 5) is 27.3. The van der Waals surface area contributed by atoms with Crippen LogP contribution in [-0.4, -0.2) is 21.5 Å². The average Bonchev–Trinajstić information content (AvgIpc) is 3.51. The van der Waals surface area contributed by atoms with E-state index < -0.39 is 0 Å². The van der Waals surface area contributed by atoms with E-state index in [-0.39, 0.29) is 54.0 Å². The van der Waals surface area contributed by atoms with Crippen LogP contribution in [0, 0.1) is 32.5 Å². The van der Waals surface area contributed by atoms with Crippen LogP contribution in [0.1, 0.15) is 78.4 Å². The van der Waals surface area contributed by atoms with Crippen molar-refractivity contribution in [2.24, 2.45) is 32.5 Å². The lowest BCUT2D eigenvalue weighted by Gasteiger charge is -2.64. The second-order valence-corrected chi connectivity index (χ2v) is 16.1. The highest BCUT2D eigenvalue weighted by Gasteiger charge is 2.81. The molecule has 208 valence electrons. The Bertz CT molecular complexity index is 1250. The van der Waals surface area contributed by atoms with E-state index in [9.17, 15) is 9.59 Å². The molecule has 0 aromatic heterocycles. The molecule has 6 heteroatoms. The van der Waals surface area contributed by atoms with E-state index >= 15 is 0 Å². The van der Waals surface area contributed by atoms with Gasteiger partial charge in [0.2, 0.25) is 11.8 Å². The molecule has 0 radical (unpaired) electrons. The molecule has 0 saturated heterocycles. The maximum atomic E-state index is 13.4. The van der Waals surface area contributed by atoms with Crippen molar-refractivity contribution in [1.29, 1.82) is 0 Å². The molecule has 6 fully saturated rings. The number of amides is 2. The number of alkyl halides is 2. The number of carbonyl (C=O) groups excluding carboxylic acids is 2. The Morgan fingerprint density at radius 1 is 0.641 bits per heavy atom. The fourth-order valence-electron chi connectivity index (χ4n) is 9.05. The van der Waals surface area contributed by atoms with Crippen LogP contribution in [0.5, 0.6) is 0 Å². The van der Waals surface area contributed by atoms with Gasteiger partial charge in [-0.2, -0.15) is 0 Å². The lowest BCUT2D eigenvalue weighted by atomic mass is 9.43. The predicted molar refractivity (Wildman–Crippen MR) is 165 cm³/mol. The number of fused-ring (bicyclic) bond motifs is 2. The number of rotatable bonds is 6. The Balaban J connectivity index is 1.07. The van der Waals surface area contributed by atoms with E-state index in [0.717, 1.165) is 43.5 Å². The monoisotopic (exact) mass is 654 g/mol. The van der Waals surface area contributed by atoms with Gasteiger partial charge in [-0.25, -0.2) is 0 Å². The molecular weight excluding hydrogens is 616 g/mol. The molecule has 6 atom stereocenters. The maximum Gasteiger partial charge on any atom is 0.232 e. The smallest absolute Gasteiger partial charge is 0.232 e. The molecule has 2 aromatic carbocycles. The molecule has 0 spiro atoms. The lowest BCUT2D eigenvalue weighted by molar-refractivity contribution is -0.156. The van der Waals surface area contributed by atoms with Crippen molar-refractivity contribution in [2.75, 3.05) is 10.6 Å². The van der Waals surface area contributed by atoms with Gasteiger partial charge in [0, 0.05) is 21.0 Å². The third-order valence-corrected chi connectivity index (χ3v) is 16.4. The summed E-state index contributed by atoms with van der Waals surface area (Å²) in [6.45, 7) is 13.6. The van der Waals surface area contributed by atoms with Crippen LogP contribution in [0.15, 0.2) is 48.5 Å². The quantitative estimate of drug-likeness (QED) is 0.308. The van der Waals surface area contributed by atoms with Crippen molar-refractivity contribution in [3.63, 3.8) is 0 Å². The Labute approximate surface area is 249 Å². The topological polar surface area (TPSA) is 58.2 Å². The zero-order valence-corrected chi connectivity index (χ0v) is 27.1. The Kier molecular flexibility index (Phi) is 5.95. The minimum atomic E-state index is -0.349. The van der Waals surface area contributed by atoms with Gasteiger partial charge in [0.15, 0.2) is 0 Å². The third kappa shape index (κ3) is 3.17. The second-order valence-electron chi connectivity index (χ2n) is 14.2. The number of benzene rings is 2. The van der Waals surface area contributed by atoms with Crippen molar-refractivity contribution in [1.82, 2.24) is 0 Å². The predicted octanol–water partition coefficient (Wildman–Crippen LogP) is 8.33. The molecule has 39 heavy (non-hydrogen) atoms. The van der Waals surface area contributed by atoms with Crippen molar-refractivity contribution >= 4 is 55.0 Å². The summed E-state index contributed by atoms with van der Waals surface area (Å²) >= 11 is 7.74. The first kappa shape index (κ1) is 27.5. The van der Waals surface area contributed by atoms with Gasteiger partial charge in [0.25, 0.3) is 0 Å². The van der Waals surface area contributed by atoms with Crippen LogP contribution in [0.2, 0.25) is 0 Å². The van der Waals surface area contributed by atoms with E-state index in [1.165, 1.54) is 11.1 Å². The van der Waals surface area contributed by atoms with E-state index in [2.05, 4.69) is 108 Å². The molecule has 6 saturated carbocycles. The van der Waals surface area contributed by atoms with Crippen LogP contribution in [0.4, 0.5) is 11.4 Å². The van der Waals surface area contributed by atoms with Gasteiger partial charge in [0.05, 0.1) is 10.8 Å². The van der Waals surface area contributed by atoms with Crippen molar-refractivity contribution in [3.05, 3.63) is 59.7 Å². The number of hydrogen-bond donors (Lipinski definition) is 2. The van der Waals surface area contributed by atoms with Gasteiger partial charge < -0.3 is 10.6 Å². The van der Waals surface area contributed by atoms with E-state index in [1.807, 2.05) is 24.3 Å². The number of hydrogen-bond acceptors (Lipinski definition) is 2. The molecule has 4 bridgehead atoms. The summed E-state index contributed by atoms with van der Waals surface area (Å²) in [5.74, 6) is 0.265. The second kappa shape index (κ2) is 8.44. The number of nitrogens with one attached hydrogen (secondary N) is 2. The largest absolute Gasteiger partial charge is 0.326 e. The first-order valence-corrected chi connectivity index (χ1v) is 16.1. The van der Waals surface area contributed by atoms with Gasteiger partial charge in [0.1, 0.15) is 0 Å². The van der Waals surface area contributed by atoms with Crippen LogP contribution < -0.4 is 10.6 Å². The SMILES string of the molecule is CC12CCC(C(=O)Nc3ccc(Cc4ccc(NC(=O)C56CCC(C)(C5Br)C6(C)C)cc4)cc3)(C1Br)C2(C)C. The Hall–Kier alpha value is -1.66. The fraction of sp³-hybridized carbons (Fsp3) is 0.576. The van der Waals surface area contributed by atoms with Gasteiger partial charge >= 0.3 is 0 Å². The van der Waals surface area contributed by atoms with Crippen LogP contribution in [0.25, 0.3) is 0 Å². The van der Waals surface area contributed by atoms with E-state index in [1.54, 1.807) is 0 Å². The van der Waals surface area contributed by atoms with E-state index in [4.69, 9.17) is 0 Å². The molecule has 8 rings (SSSR count). The molecule has 2 amide bonds. The Morgan fingerprint density at radius 2 is 0.974 bits per heavy atom. The summed E-state index contributed by atoms with van der Waals surface area (Å²) in [5, 5.41) is 6.42. The van der Waals surface area contributed by atoms with Gasteiger partial charge in [-0.1, -0.05) is 97.7 Å². The first-order valence-electron chi connectivity index (χ1n) is 14.3. The lowest BCUT2D eigenvalue weighted by Crippen LogP contribution is -2.68. The molecule has 2 aromatic rings. The van der Waals surface area contributed by atoms with E-state index in [0.29, 0.717) is 0 Å². The van der Waals surface area contributed by atoms with Gasteiger partial charge in [-0.3, -0.25) is 9.59 Å². The standard InChI is InChI=1S/C33H40Br2N2O2/c1-28(2)30(5)15-17-32(28,24(30)34)26(38)36-22-11-7-20(8-12-22)19-21-9-13-23(14-10-21)37-27(39)33-18-16-31(6,25(33)35)29(33,3)4/h7-14,24-25H,15-19H2,1-6H3,(H,36,38)(H,37,39). The summed E-state index contributed by atoms with van der Waals surface area (Å²) in [5.41, 5.74) is 3.66.